The number of benzene rings is 2. The molecule has 0 aliphatic heterocycles. The Morgan fingerprint density at radius 3 is 2.53 bits per heavy atom. The van der Waals surface area contributed by atoms with Crippen molar-refractivity contribution in [2.45, 2.75) is 25.7 Å². The predicted molar refractivity (Wildman–Crippen MR) is 148 cm³/mol. The highest BCUT2D eigenvalue weighted by atomic mass is 16.1. The second kappa shape index (κ2) is 9.11. The van der Waals surface area contributed by atoms with Crippen LogP contribution < -0.4 is 10.9 Å². The van der Waals surface area contributed by atoms with E-state index in [0.29, 0.717) is 33.9 Å². The van der Waals surface area contributed by atoms with Gasteiger partial charge in [-0.2, -0.15) is 9.61 Å². The number of hydrogen-bond acceptors (Lipinski definition) is 6. The van der Waals surface area contributed by atoms with Crippen molar-refractivity contribution in [3.05, 3.63) is 95.2 Å². The van der Waals surface area contributed by atoms with Crippen LogP contribution in [0.5, 0.6) is 0 Å². The minimum atomic E-state index is -0.208. The Kier molecular flexibility index (Phi) is 5.32. The number of anilines is 2. The Hall–Kier alpha value is -5.05. The van der Waals surface area contributed by atoms with E-state index in [2.05, 4.69) is 48.8 Å². The van der Waals surface area contributed by atoms with E-state index in [1.807, 2.05) is 36.4 Å². The predicted octanol–water partition coefficient (Wildman–Crippen LogP) is 5.72. The van der Waals surface area contributed by atoms with Crippen LogP contribution in [0, 0.1) is 0 Å². The highest BCUT2D eigenvalue weighted by molar-refractivity contribution is 5.90. The van der Waals surface area contributed by atoms with Gasteiger partial charge in [0.05, 0.1) is 28.5 Å². The molecule has 0 spiro atoms. The fourth-order valence-electron chi connectivity index (χ4n) is 5.18. The fraction of sp³-hybridized carbons (Fsp3) is 0.138. The van der Waals surface area contributed by atoms with Gasteiger partial charge in [0, 0.05) is 29.6 Å². The van der Waals surface area contributed by atoms with Gasteiger partial charge in [0.25, 0.3) is 5.56 Å². The van der Waals surface area contributed by atoms with Crippen LogP contribution in [-0.2, 0) is 0 Å². The van der Waals surface area contributed by atoms with Crippen molar-refractivity contribution < 1.29 is 0 Å². The number of rotatable bonds is 5. The summed E-state index contributed by atoms with van der Waals surface area (Å²) in [6.07, 6.45) is 11.5. The zero-order chi connectivity index (χ0) is 25.5. The molecule has 0 amide bonds. The van der Waals surface area contributed by atoms with Gasteiger partial charge in [-0.3, -0.25) is 25.0 Å². The van der Waals surface area contributed by atoms with Gasteiger partial charge in [-0.1, -0.05) is 42.5 Å². The summed E-state index contributed by atoms with van der Waals surface area (Å²) in [5, 5.41) is 13.7. The van der Waals surface area contributed by atoms with Crippen molar-refractivity contribution in [2.24, 2.45) is 0 Å². The van der Waals surface area contributed by atoms with Gasteiger partial charge in [0.15, 0.2) is 5.65 Å². The third-order valence-electron chi connectivity index (χ3n) is 6.97. The fourth-order valence-corrected chi connectivity index (χ4v) is 5.18. The lowest BCUT2D eigenvalue weighted by molar-refractivity contribution is 0.742. The van der Waals surface area contributed by atoms with Crippen LogP contribution >= 0.6 is 0 Å². The molecule has 2 aromatic carbocycles. The minimum absolute atomic E-state index is 0.208. The van der Waals surface area contributed by atoms with Gasteiger partial charge in [-0.25, -0.2) is 4.98 Å². The summed E-state index contributed by atoms with van der Waals surface area (Å²) in [4.78, 5) is 28.2. The lowest BCUT2D eigenvalue weighted by Crippen LogP contribution is -2.20. The average molecular weight is 501 g/mol. The maximum Gasteiger partial charge on any atom is 0.282 e. The first-order valence-electron chi connectivity index (χ1n) is 12.7. The van der Waals surface area contributed by atoms with E-state index >= 15 is 0 Å². The molecule has 0 atom stereocenters. The van der Waals surface area contributed by atoms with Gasteiger partial charge in [0.1, 0.15) is 11.6 Å². The highest BCUT2D eigenvalue weighted by Crippen LogP contribution is 2.37. The van der Waals surface area contributed by atoms with E-state index in [9.17, 15) is 4.79 Å². The van der Waals surface area contributed by atoms with Crippen molar-refractivity contribution in [1.29, 1.82) is 0 Å². The summed E-state index contributed by atoms with van der Waals surface area (Å²) < 4.78 is 1.57. The molecule has 6 aromatic rings. The van der Waals surface area contributed by atoms with Crippen LogP contribution in [0.3, 0.4) is 0 Å². The largest absolute Gasteiger partial charge is 0.325 e. The van der Waals surface area contributed by atoms with Crippen LogP contribution in [0.25, 0.3) is 44.6 Å². The number of fused-ring (bicyclic) bond motifs is 2. The average Bonchev–Trinajstić information content (AvgIpc) is 3.62. The normalized spacial score (nSPS) is 13.6. The number of nitrogens with one attached hydrogen (secondary N) is 3. The molecule has 3 N–H and O–H groups in total. The van der Waals surface area contributed by atoms with Crippen molar-refractivity contribution in [3.63, 3.8) is 0 Å². The quantitative estimate of drug-likeness (QED) is 0.279. The summed E-state index contributed by atoms with van der Waals surface area (Å²) in [5.74, 6) is 1.08. The van der Waals surface area contributed by atoms with Crippen molar-refractivity contribution >= 4 is 33.9 Å². The Balaban J connectivity index is 1.54. The first kappa shape index (κ1) is 22.2. The number of H-pyrrole nitrogens is 2. The van der Waals surface area contributed by atoms with E-state index in [0.717, 1.165) is 41.6 Å². The molecular weight excluding hydrogens is 476 g/mol. The Bertz CT molecular complexity index is 1870. The van der Waals surface area contributed by atoms with Gasteiger partial charge in [0.2, 0.25) is 0 Å². The van der Waals surface area contributed by atoms with Gasteiger partial charge < -0.3 is 5.32 Å². The molecule has 186 valence electrons. The van der Waals surface area contributed by atoms with Crippen LogP contribution in [0.4, 0.5) is 11.6 Å². The summed E-state index contributed by atoms with van der Waals surface area (Å²) >= 11 is 0. The molecule has 9 nitrogen and oxygen atoms in total. The molecule has 0 bridgehead atoms. The summed E-state index contributed by atoms with van der Waals surface area (Å²) in [7, 11) is 0. The first-order chi connectivity index (χ1) is 18.8. The van der Waals surface area contributed by atoms with Crippen LogP contribution in [-0.4, -0.2) is 34.8 Å². The van der Waals surface area contributed by atoms with E-state index < -0.39 is 0 Å². The smallest absolute Gasteiger partial charge is 0.282 e. The molecule has 4 heterocycles. The van der Waals surface area contributed by atoms with E-state index in [-0.39, 0.29) is 5.56 Å². The molecule has 0 saturated carbocycles. The molecule has 38 heavy (non-hydrogen) atoms. The van der Waals surface area contributed by atoms with Crippen LogP contribution in [0.2, 0.25) is 0 Å². The molecule has 1 aliphatic rings. The number of nitrogens with zero attached hydrogens (tertiary/aromatic N) is 5. The maximum absolute atomic E-state index is 14.3. The minimum Gasteiger partial charge on any atom is -0.325 e. The summed E-state index contributed by atoms with van der Waals surface area (Å²) in [5.41, 5.74) is 7.03. The van der Waals surface area contributed by atoms with Crippen molar-refractivity contribution in [1.82, 2.24) is 34.8 Å². The molecule has 1 aliphatic carbocycles. The summed E-state index contributed by atoms with van der Waals surface area (Å²) in [6, 6.07) is 17.5. The molecule has 0 fully saturated rings. The Morgan fingerprint density at radius 2 is 1.74 bits per heavy atom. The van der Waals surface area contributed by atoms with Crippen molar-refractivity contribution in [3.8, 4) is 22.4 Å². The molecule has 0 radical (unpaired) electrons. The first-order valence-corrected chi connectivity index (χ1v) is 12.7. The maximum atomic E-state index is 14.3. The third-order valence-corrected chi connectivity index (χ3v) is 6.97. The van der Waals surface area contributed by atoms with E-state index in [4.69, 9.17) is 4.98 Å². The molecular formula is C29H24N8O. The van der Waals surface area contributed by atoms with Crippen molar-refractivity contribution in [2.75, 3.05) is 5.32 Å². The van der Waals surface area contributed by atoms with Gasteiger partial charge in [-0.05, 0) is 49.0 Å². The molecule has 7 rings (SSSR count). The van der Waals surface area contributed by atoms with E-state index in [1.165, 1.54) is 12.0 Å². The van der Waals surface area contributed by atoms with Crippen LogP contribution in [0.1, 0.15) is 31.2 Å². The zero-order valence-corrected chi connectivity index (χ0v) is 20.5. The monoisotopic (exact) mass is 500 g/mol. The lowest BCUT2D eigenvalue weighted by Gasteiger charge is -2.14. The third kappa shape index (κ3) is 3.76. The van der Waals surface area contributed by atoms with Gasteiger partial charge in [-0.15, -0.1) is 0 Å². The second-order valence-electron chi connectivity index (χ2n) is 9.36. The van der Waals surface area contributed by atoms with E-state index in [1.54, 1.807) is 29.2 Å². The molecule has 0 unspecified atom stereocenters. The molecule has 0 saturated heterocycles. The number of allylic oxidation sites excluding steroid dienone is 2. The van der Waals surface area contributed by atoms with Crippen LogP contribution in [0.15, 0.2) is 84.1 Å². The highest BCUT2D eigenvalue weighted by Gasteiger charge is 2.24. The Labute approximate surface area is 217 Å². The standard InChI is InChI=1S/C29H24N8O/c38-29-25(20-11-12-21-22(17-20)31-16-15-30-21)27(33-23-13-14-32-35-23)34-28-24(18-7-3-1-4-8-18)26(36-37(28)29)19-9-5-2-6-10-19/h2,5-7,9-17,36H,1,3-4,8H2,(H2,32,33,35). The molecule has 4 aromatic heterocycles. The number of aromatic amines is 2. The SMILES string of the molecule is O=c1c(-c2ccc3nccnc3c2)c(Nc2ccn[nH]2)nc2c(C3=CCCCC3)c(-c3ccccc3)[nH]n12. The number of aromatic nitrogens is 7. The second-order valence-corrected chi connectivity index (χ2v) is 9.36. The zero-order valence-electron chi connectivity index (χ0n) is 20.5. The molecule has 9 heteroatoms. The lowest BCUT2D eigenvalue weighted by atomic mass is 9.92. The summed E-state index contributed by atoms with van der Waals surface area (Å²) in [6.45, 7) is 0. The Morgan fingerprint density at radius 1 is 0.868 bits per heavy atom. The topological polar surface area (TPSA) is 117 Å². The van der Waals surface area contributed by atoms with Gasteiger partial charge >= 0.3 is 0 Å². The number of hydrogen-bond donors (Lipinski definition) is 3.